The van der Waals surface area contributed by atoms with E-state index in [1.807, 2.05) is 12.1 Å². The summed E-state index contributed by atoms with van der Waals surface area (Å²) in [6.07, 6.45) is 1.61. The van der Waals surface area contributed by atoms with Crippen LogP contribution in [0.1, 0.15) is 5.89 Å². The Bertz CT molecular complexity index is 687. The summed E-state index contributed by atoms with van der Waals surface area (Å²) in [5.41, 5.74) is 6.93. The molecular formula is C12H11N3O3. The molecule has 3 rings (SSSR count). The van der Waals surface area contributed by atoms with Crippen LogP contribution in [0, 0.1) is 0 Å². The van der Waals surface area contributed by atoms with E-state index in [0.29, 0.717) is 23.0 Å². The molecule has 2 aromatic heterocycles. The van der Waals surface area contributed by atoms with E-state index >= 15 is 0 Å². The van der Waals surface area contributed by atoms with Crippen LogP contribution in [0.5, 0.6) is 5.75 Å². The number of furan rings is 1. The topological polar surface area (TPSA) is 87.3 Å². The number of aromatic nitrogens is 2. The number of nitrogens with zero attached hydrogens (tertiary/aromatic N) is 2. The van der Waals surface area contributed by atoms with E-state index in [2.05, 4.69) is 10.1 Å². The lowest BCUT2D eigenvalue weighted by atomic mass is 10.1. The Morgan fingerprint density at radius 3 is 3.00 bits per heavy atom. The van der Waals surface area contributed by atoms with Gasteiger partial charge in [-0.25, -0.2) is 0 Å². The number of nitrogens with two attached hydrogens (primary N) is 1. The van der Waals surface area contributed by atoms with Crippen LogP contribution in [0.4, 0.5) is 0 Å². The Labute approximate surface area is 102 Å². The molecule has 0 atom stereocenters. The third kappa shape index (κ3) is 1.63. The van der Waals surface area contributed by atoms with Gasteiger partial charge in [0.15, 0.2) is 11.3 Å². The van der Waals surface area contributed by atoms with Crippen LogP contribution in [-0.2, 0) is 6.54 Å². The third-order valence-corrected chi connectivity index (χ3v) is 2.64. The highest BCUT2D eigenvalue weighted by Gasteiger charge is 2.13. The lowest BCUT2D eigenvalue weighted by molar-refractivity contribution is 0.380. The molecule has 0 radical (unpaired) electrons. The van der Waals surface area contributed by atoms with E-state index in [-0.39, 0.29) is 6.54 Å². The molecule has 92 valence electrons. The van der Waals surface area contributed by atoms with Gasteiger partial charge in [0.2, 0.25) is 11.7 Å². The fraction of sp³-hybridized carbons (Fsp3) is 0.167. The smallest absolute Gasteiger partial charge is 0.240 e. The van der Waals surface area contributed by atoms with Gasteiger partial charge in [-0.3, -0.25) is 0 Å². The molecular weight excluding hydrogens is 234 g/mol. The molecule has 2 N–H and O–H groups in total. The van der Waals surface area contributed by atoms with E-state index in [0.717, 1.165) is 10.9 Å². The molecule has 0 aliphatic heterocycles. The molecule has 0 fully saturated rings. The van der Waals surface area contributed by atoms with E-state index in [1.165, 1.54) is 0 Å². The molecule has 0 saturated carbocycles. The molecule has 1 aromatic carbocycles. The molecule has 0 amide bonds. The molecule has 2 heterocycles. The minimum Gasteiger partial charge on any atom is -0.493 e. The number of rotatable bonds is 3. The quantitative estimate of drug-likeness (QED) is 0.758. The Kier molecular flexibility index (Phi) is 2.49. The summed E-state index contributed by atoms with van der Waals surface area (Å²) in [4.78, 5) is 4.18. The standard InChI is InChI=1S/C12H11N3O3/c1-16-9-5-8(4-7-2-3-17-11(7)9)12-14-10(6-13)18-15-12/h2-5H,6,13H2,1H3. The molecule has 0 unspecified atom stereocenters. The second kappa shape index (κ2) is 4.15. The molecule has 0 saturated heterocycles. The second-order valence-corrected chi connectivity index (χ2v) is 3.73. The van der Waals surface area contributed by atoms with Crippen molar-refractivity contribution in [1.82, 2.24) is 10.1 Å². The maximum Gasteiger partial charge on any atom is 0.240 e. The first-order valence-corrected chi connectivity index (χ1v) is 5.40. The monoisotopic (exact) mass is 245 g/mol. The van der Waals surface area contributed by atoms with Crippen molar-refractivity contribution in [3.8, 4) is 17.1 Å². The summed E-state index contributed by atoms with van der Waals surface area (Å²) in [6, 6.07) is 5.56. The van der Waals surface area contributed by atoms with Gasteiger partial charge in [-0.1, -0.05) is 5.16 Å². The highest BCUT2D eigenvalue weighted by atomic mass is 16.5. The number of hydrogen-bond acceptors (Lipinski definition) is 6. The average Bonchev–Trinajstić information content (AvgIpc) is 3.05. The van der Waals surface area contributed by atoms with Crippen LogP contribution in [0.3, 0.4) is 0 Å². The zero-order chi connectivity index (χ0) is 12.5. The van der Waals surface area contributed by atoms with Crippen molar-refractivity contribution in [2.45, 2.75) is 6.54 Å². The van der Waals surface area contributed by atoms with Crippen molar-refractivity contribution in [3.63, 3.8) is 0 Å². The number of ether oxygens (including phenoxy) is 1. The van der Waals surface area contributed by atoms with Gasteiger partial charge in [0.25, 0.3) is 0 Å². The Morgan fingerprint density at radius 1 is 1.39 bits per heavy atom. The highest BCUT2D eigenvalue weighted by Crippen LogP contribution is 2.31. The molecule has 3 aromatic rings. The summed E-state index contributed by atoms with van der Waals surface area (Å²) in [5.74, 6) is 1.51. The van der Waals surface area contributed by atoms with Crippen molar-refractivity contribution >= 4 is 11.0 Å². The van der Waals surface area contributed by atoms with Gasteiger partial charge in [-0.05, 0) is 18.2 Å². The van der Waals surface area contributed by atoms with Crippen molar-refractivity contribution in [1.29, 1.82) is 0 Å². The lowest BCUT2D eigenvalue weighted by Crippen LogP contribution is -1.95. The first kappa shape index (κ1) is 10.8. The lowest BCUT2D eigenvalue weighted by Gasteiger charge is -2.02. The van der Waals surface area contributed by atoms with Gasteiger partial charge >= 0.3 is 0 Å². The maximum atomic E-state index is 5.44. The molecule has 6 heteroatoms. The Balaban J connectivity index is 2.16. The molecule has 0 aliphatic carbocycles. The predicted molar refractivity (Wildman–Crippen MR) is 63.9 cm³/mol. The largest absolute Gasteiger partial charge is 0.493 e. The zero-order valence-corrected chi connectivity index (χ0v) is 9.71. The van der Waals surface area contributed by atoms with Gasteiger partial charge < -0.3 is 19.4 Å². The van der Waals surface area contributed by atoms with Crippen LogP contribution in [0.2, 0.25) is 0 Å². The molecule has 18 heavy (non-hydrogen) atoms. The first-order valence-electron chi connectivity index (χ1n) is 5.40. The van der Waals surface area contributed by atoms with Crippen molar-refractivity contribution in [2.24, 2.45) is 5.73 Å². The third-order valence-electron chi connectivity index (χ3n) is 2.64. The van der Waals surface area contributed by atoms with Crippen LogP contribution in [-0.4, -0.2) is 17.3 Å². The normalized spacial score (nSPS) is 11.0. The number of benzene rings is 1. The average molecular weight is 245 g/mol. The van der Waals surface area contributed by atoms with Gasteiger partial charge in [-0.2, -0.15) is 4.98 Å². The van der Waals surface area contributed by atoms with Gasteiger partial charge in [0, 0.05) is 10.9 Å². The van der Waals surface area contributed by atoms with Crippen LogP contribution in [0.15, 0.2) is 33.4 Å². The van der Waals surface area contributed by atoms with Gasteiger partial charge in [0.05, 0.1) is 19.9 Å². The highest BCUT2D eigenvalue weighted by molar-refractivity contribution is 5.87. The van der Waals surface area contributed by atoms with E-state index < -0.39 is 0 Å². The van der Waals surface area contributed by atoms with Crippen molar-refractivity contribution in [3.05, 3.63) is 30.4 Å². The minimum absolute atomic E-state index is 0.220. The molecule has 6 nitrogen and oxygen atoms in total. The minimum atomic E-state index is 0.220. The van der Waals surface area contributed by atoms with Crippen LogP contribution >= 0.6 is 0 Å². The number of fused-ring (bicyclic) bond motifs is 1. The summed E-state index contributed by atoms with van der Waals surface area (Å²) >= 11 is 0. The molecule has 0 spiro atoms. The van der Waals surface area contributed by atoms with Crippen molar-refractivity contribution < 1.29 is 13.7 Å². The van der Waals surface area contributed by atoms with Gasteiger partial charge in [-0.15, -0.1) is 0 Å². The van der Waals surface area contributed by atoms with Gasteiger partial charge in [0.1, 0.15) is 0 Å². The van der Waals surface area contributed by atoms with Crippen LogP contribution < -0.4 is 10.5 Å². The fourth-order valence-electron chi connectivity index (χ4n) is 1.78. The summed E-state index contributed by atoms with van der Waals surface area (Å²) < 4.78 is 15.6. The van der Waals surface area contributed by atoms with E-state index in [9.17, 15) is 0 Å². The summed E-state index contributed by atoms with van der Waals surface area (Å²) in [5, 5.41) is 4.79. The molecule has 0 bridgehead atoms. The van der Waals surface area contributed by atoms with Crippen LogP contribution in [0.25, 0.3) is 22.4 Å². The zero-order valence-electron chi connectivity index (χ0n) is 9.71. The number of methoxy groups -OCH3 is 1. The summed E-state index contributed by atoms with van der Waals surface area (Å²) in [7, 11) is 1.59. The SMILES string of the molecule is COc1cc(-c2noc(CN)n2)cc2ccoc12. The maximum absolute atomic E-state index is 5.44. The Morgan fingerprint density at radius 2 is 2.28 bits per heavy atom. The first-order chi connectivity index (χ1) is 8.81. The van der Waals surface area contributed by atoms with E-state index in [4.69, 9.17) is 19.4 Å². The van der Waals surface area contributed by atoms with E-state index in [1.54, 1.807) is 19.4 Å². The number of hydrogen-bond donors (Lipinski definition) is 1. The Hall–Kier alpha value is -2.34. The van der Waals surface area contributed by atoms with Crippen molar-refractivity contribution in [2.75, 3.05) is 7.11 Å². The second-order valence-electron chi connectivity index (χ2n) is 3.73. The predicted octanol–water partition coefficient (Wildman–Crippen LogP) is 1.95. The fourth-order valence-corrected chi connectivity index (χ4v) is 1.78. The summed E-state index contributed by atoms with van der Waals surface area (Å²) in [6.45, 7) is 0.220. The molecule has 0 aliphatic rings.